The topological polar surface area (TPSA) is 69.6 Å². The molecular weight excluding hydrogens is 226 g/mol. The van der Waals surface area contributed by atoms with Gasteiger partial charge in [-0.05, 0) is 31.9 Å². The Labute approximate surface area is 98.9 Å². The van der Waals surface area contributed by atoms with Gasteiger partial charge in [0, 0.05) is 24.1 Å². The molecule has 1 heterocycles. The number of carboxylic acid groups (broad SMARTS) is 1. The maximum atomic E-state index is 10.8. The molecule has 0 saturated carbocycles. The van der Waals surface area contributed by atoms with Crippen LogP contribution in [0.15, 0.2) is 6.07 Å². The van der Waals surface area contributed by atoms with E-state index in [4.69, 9.17) is 10.2 Å². The third kappa shape index (κ3) is 3.59. The van der Waals surface area contributed by atoms with Gasteiger partial charge in [0.15, 0.2) is 0 Å². The fraction of sp³-hybridized carbons (Fsp3) is 0.545. The Balaban J connectivity index is 2.57. The monoisotopic (exact) mass is 243 g/mol. The Morgan fingerprint density at radius 1 is 1.62 bits per heavy atom. The zero-order valence-corrected chi connectivity index (χ0v) is 10.3. The zero-order chi connectivity index (χ0) is 12.1. The standard InChI is InChI=1S/C11H17NO3S/c1-7(3-4-13)12-6-9-5-10(11(14)15)16-8(9)2/h5,7,12-13H,3-4,6H2,1-2H3,(H,14,15). The van der Waals surface area contributed by atoms with Crippen LogP contribution < -0.4 is 5.32 Å². The molecule has 4 nitrogen and oxygen atoms in total. The lowest BCUT2D eigenvalue weighted by atomic mass is 10.2. The number of rotatable bonds is 6. The van der Waals surface area contributed by atoms with Crippen LogP contribution in [0.1, 0.15) is 33.5 Å². The minimum absolute atomic E-state index is 0.164. The lowest BCUT2D eigenvalue weighted by Crippen LogP contribution is -2.26. The van der Waals surface area contributed by atoms with Crippen LogP contribution in [-0.2, 0) is 6.54 Å². The predicted molar refractivity (Wildman–Crippen MR) is 64.0 cm³/mol. The molecule has 1 rings (SSSR count). The second kappa shape index (κ2) is 5.98. The first kappa shape index (κ1) is 13.2. The van der Waals surface area contributed by atoms with Gasteiger partial charge in [-0.25, -0.2) is 4.79 Å². The molecule has 16 heavy (non-hydrogen) atoms. The highest BCUT2D eigenvalue weighted by Crippen LogP contribution is 2.21. The number of hydrogen-bond acceptors (Lipinski definition) is 4. The van der Waals surface area contributed by atoms with E-state index in [9.17, 15) is 4.79 Å². The summed E-state index contributed by atoms with van der Waals surface area (Å²) in [6, 6.07) is 1.94. The molecule has 1 unspecified atom stereocenters. The number of aliphatic hydroxyl groups is 1. The molecule has 0 aliphatic heterocycles. The second-order valence-electron chi connectivity index (χ2n) is 3.79. The molecular formula is C11H17NO3S. The van der Waals surface area contributed by atoms with Crippen LogP contribution in [-0.4, -0.2) is 28.8 Å². The molecule has 0 amide bonds. The third-order valence-corrected chi connectivity index (χ3v) is 3.52. The van der Waals surface area contributed by atoms with Crippen molar-refractivity contribution in [1.29, 1.82) is 0 Å². The molecule has 0 radical (unpaired) electrons. The molecule has 0 bridgehead atoms. The number of aromatic carboxylic acids is 1. The first-order valence-corrected chi connectivity index (χ1v) is 6.03. The van der Waals surface area contributed by atoms with E-state index < -0.39 is 5.97 Å². The summed E-state index contributed by atoms with van der Waals surface area (Å²) in [5.41, 5.74) is 1.02. The average molecular weight is 243 g/mol. The first-order chi connectivity index (χ1) is 7.54. The van der Waals surface area contributed by atoms with Crippen LogP contribution >= 0.6 is 11.3 Å². The zero-order valence-electron chi connectivity index (χ0n) is 9.49. The highest BCUT2D eigenvalue weighted by molar-refractivity contribution is 7.14. The summed E-state index contributed by atoms with van der Waals surface area (Å²) in [6.45, 7) is 4.73. The van der Waals surface area contributed by atoms with Gasteiger partial charge in [0.2, 0.25) is 0 Å². The third-order valence-electron chi connectivity index (χ3n) is 2.43. The summed E-state index contributed by atoms with van der Waals surface area (Å²) in [5, 5.41) is 20.8. The van der Waals surface area contributed by atoms with E-state index in [2.05, 4.69) is 5.32 Å². The number of aryl methyl sites for hydroxylation is 1. The maximum absolute atomic E-state index is 10.8. The highest BCUT2D eigenvalue weighted by Gasteiger charge is 2.11. The predicted octanol–water partition coefficient (Wildman–Crippen LogP) is 1.62. The maximum Gasteiger partial charge on any atom is 0.345 e. The van der Waals surface area contributed by atoms with E-state index in [0.29, 0.717) is 17.8 Å². The number of aliphatic hydroxyl groups excluding tert-OH is 1. The number of thiophene rings is 1. The van der Waals surface area contributed by atoms with Gasteiger partial charge < -0.3 is 15.5 Å². The number of hydrogen-bond donors (Lipinski definition) is 3. The molecule has 0 fully saturated rings. The SMILES string of the molecule is Cc1sc(C(=O)O)cc1CNC(C)CCO. The fourth-order valence-corrected chi connectivity index (χ4v) is 2.26. The summed E-state index contributed by atoms with van der Waals surface area (Å²) in [4.78, 5) is 12.2. The van der Waals surface area contributed by atoms with E-state index in [1.807, 2.05) is 13.8 Å². The molecule has 0 aliphatic rings. The Morgan fingerprint density at radius 3 is 2.81 bits per heavy atom. The van der Waals surface area contributed by atoms with E-state index in [1.165, 1.54) is 11.3 Å². The molecule has 90 valence electrons. The highest BCUT2D eigenvalue weighted by atomic mass is 32.1. The molecule has 3 N–H and O–H groups in total. The Morgan fingerprint density at radius 2 is 2.31 bits per heavy atom. The lowest BCUT2D eigenvalue weighted by molar-refractivity contribution is 0.0702. The van der Waals surface area contributed by atoms with Crippen molar-refractivity contribution in [3.8, 4) is 0 Å². The Bertz CT molecular complexity index is 362. The number of nitrogens with one attached hydrogen (secondary N) is 1. The Hall–Kier alpha value is -0.910. The molecule has 5 heteroatoms. The fourth-order valence-electron chi connectivity index (χ4n) is 1.38. The van der Waals surface area contributed by atoms with Crippen LogP contribution in [0.2, 0.25) is 0 Å². The number of carboxylic acids is 1. The van der Waals surface area contributed by atoms with Gasteiger partial charge in [-0.3, -0.25) is 0 Å². The smallest absolute Gasteiger partial charge is 0.345 e. The van der Waals surface area contributed by atoms with Crippen LogP contribution in [0.5, 0.6) is 0 Å². The van der Waals surface area contributed by atoms with Crippen molar-refractivity contribution in [1.82, 2.24) is 5.32 Å². The summed E-state index contributed by atoms with van der Waals surface area (Å²) in [6.07, 6.45) is 0.703. The molecule has 0 saturated heterocycles. The quantitative estimate of drug-likeness (QED) is 0.710. The number of carbonyl (C=O) groups is 1. The lowest BCUT2D eigenvalue weighted by Gasteiger charge is -2.11. The van der Waals surface area contributed by atoms with Gasteiger partial charge in [-0.2, -0.15) is 0 Å². The van der Waals surface area contributed by atoms with Crippen molar-refractivity contribution in [3.63, 3.8) is 0 Å². The minimum Gasteiger partial charge on any atom is -0.477 e. The van der Waals surface area contributed by atoms with Crippen LogP contribution in [0, 0.1) is 6.92 Å². The van der Waals surface area contributed by atoms with Crippen molar-refractivity contribution < 1.29 is 15.0 Å². The van der Waals surface area contributed by atoms with Crippen molar-refractivity contribution in [3.05, 3.63) is 21.4 Å². The van der Waals surface area contributed by atoms with Crippen molar-refractivity contribution in [2.45, 2.75) is 32.9 Å². The van der Waals surface area contributed by atoms with Crippen LogP contribution in [0.3, 0.4) is 0 Å². The Kier molecular flexibility index (Phi) is 4.92. The summed E-state index contributed by atoms with van der Waals surface area (Å²) in [5.74, 6) is -0.872. The van der Waals surface area contributed by atoms with E-state index in [1.54, 1.807) is 6.07 Å². The van der Waals surface area contributed by atoms with Gasteiger partial charge in [-0.1, -0.05) is 0 Å². The molecule has 0 aliphatic carbocycles. The van der Waals surface area contributed by atoms with E-state index in [0.717, 1.165) is 10.4 Å². The van der Waals surface area contributed by atoms with Crippen molar-refractivity contribution in [2.75, 3.05) is 6.61 Å². The van der Waals surface area contributed by atoms with Gasteiger partial charge in [0.05, 0.1) is 0 Å². The van der Waals surface area contributed by atoms with E-state index in [-0.39, 0.29) is 12.6 Å². The van der Waals surface area contributed by atoms with Crippen LogP contribution in [0.25, 0.3) is 0 Å². The normalized spacial score (nSPS) is 12.7. The average Bonchev–Trinajstić information content (AvgIpc) is 2.58. The molecule has 1 aromatic heterocycles. The van der Waals surface area contributed by atoms with Crippen molar-refractivity contribution in [2.24, 2.45) is 0 Å². The summed E-state index contributed by atoms with van der Waals surface area (Å²) in [7, 11) is 0. The molecule has 0 spiro atoms. The van der Waals surface area contributed by atoms with E-state index >= 15 is 0 Å². The summed E-state index contributed by atoms with van der Waals surface area (Å²) >= 11 is 1.30. The second-order valence-corrected chi connectivity index (χ2v) is 5.05. The van der Waals surface area contributed by atoms with Crippen molar-refractivity contribution >= 4 is 17.3 Å². The molecule has 0 aromatic carbocycles. The first-order valence-electron chi connectivity index (χ1n) is 5.21. The largest absolute Gasteiger partial charge is 0.477 e. The molecule has 1 aromatic rings. The molecule has 1 atom stereocenters. The minimum atomic E-state index is -0.872. The van der Waals surface area contributed by atoms with Gasteiger partial charge in [0.1, 0.15) is 4.88 Å². The van der Waals surface area contributed by atoms with Gasteiger partial charge in [-0.15, -0.1) is 11.3 Å². The summed E-state index contributed by atoms with van der Waals surface area (Å²) < 4.78 is 0. The van der Waals surface area contributed by atoms with Crippen LogP contribution in [0.4, 0.5) is 0 Å². The van der Waals surface area contributed by atoms with Gasteiger partial charge in [0.25, 0.3) is 0 Å². The van der Waals surface area contributed by atoms with Gasteiger partial charge >= 0.3 is 5.97 Å².